The van der Waals surface area contributed by atoms with Gasteiger partial charge in [-0.25, -0.2) is 9.69 Å². The molecule has 4 aromatic rings. The Bertz CT molecular complexity index is 1590. The molecule has 2 aliphatic heterocycles. The molecule has 6 rings (SSSR count). The minimum Gasteiger partial charge on any atom is -0.494 e. The van der Waals surface area contributed by atoms with Gasteiger partial charge in [0.1, 0.15) is 5.75 Å². The van der Waals surface area contributed by atoms with Gasteiger partial charge in [0.2, 0.25) is 0 Å². The van der Waals surface area contributed by atoms with E-state index in [-0.39, 0.29) is 17.2 Å². The van der Waals surface area contributed by atoms with Crippen molar-refractivity contribution < 1.29 is 19.1 Å². The third-order valence-electron chi connectivity index (χ3n) is 7.74. The molecule has 1 saturated heterocycles. The van der Waals surface area contributed by atoms with E-state index in [1.165, 1.54) is 0 Å². The van der Waals surface area contributed by atoms with Crippen molar-refractivity contribution >= 4 is 40.1 Å². The number of carbonyl (C=O) groups excluding carboxylic acids is 3. The van der Waals surface area contributed by atoms with E-state index in [0.717, 1.165) is 45.7 Å². The van der Waals surface area contributed by atoms with Gasteiger partial charge < -0.3 is 19.9 Å². The first-order chi connectivity index (χ1) is 18.9. The molecule has 0 spiro atoms. The number of H-pyrrole nitrogens is 1. The highest BCUT2D eigenvalue weighted by Crippen LogP contribution is 2.45. The molecule has 8 heteroatoms. The highest BCUT2D eigenvalue weighted by molar-refractivity contribution is 6.26. The van der Waals surface area contributed by atoms with Crippen molar-refractivity contribution in [1.82, 2.24) is 9.88 Å². The summed E-state index contributed by atoms with van der Waals surface area (Å²) in [5, 5.41) is 3.95. The van der Waals surface area contributed by atoms with Crippen LogP contribution in [-0.4, -0.2) is 40.9 Å². The van der Waals surface area contributed by atoms with Crippen LogP contribution in [0.5, 0.6) is 5.75 Å². The first-order valence-corrected chi connectivity index (χ1v) is 13.3. The summed E-state index contributed by atoms with van der Waals surface area (Å²) in [6.45, 7) is 4.94. The number of nitrogens with zero attached hydrogens (tertiary/aromatic N) is 2. The number of ether oxygens (including phenoxy) is 1. The SMILES string of the molecule is CCCCOc1ccc(NC(=O)c2ccccc2N2C(=O)N3CCc4c([nH]c5ccccc45)C3(C)C2=O)cc1. The van der Waals surface area contributed by atoms with Crippen LogP contribution in [0, 0.1) is 0 Å². The zero-order valence-electron chi connectivity index (χ0n) is 22.0. The fourth-order valence-electron chi connectivity index (χ4n) is 5.63. The minimum absolute atomic E-state index is 0.239. The van der Waals surface area contributed by atoms with Gasteiger partial charge in [-0.1, -0.05) is 43.7 Å². The number of para-hydroxylation sites is 2. The summed E-state index contributed by atoms with van der Waals surface area (Å²) in [6.07, 6.45) is 2.67. The molecule has 0 saturated carbocycles. The number of hydrogen-bond donors (Lipinski definition) is 2. The van der Waals surface area contributed by atoms with Crippen LogP contribution in [0.25, 0.3) is 10.9 Å². The molecule has 1 aromatic heterocycles. The van der Waals surface area contributed by atoms with Gasteiger partial charge in [-0.3, -0.25) is 9.59 Å². The van der Waals surface area contributed by atoms with E-state index in [4.69, 9.17) is 4.74 Å². The van der Waals surface area contributed by atoms with E-state index < -0.39 is 17.5 Å². The number of benzene rings is 3. The van der Waals surface area contributed by atoms with E-state index in [1.807, 2.05) is 24.3 Å². The van der Waals surface area contributed by atoms with Crippen LogP contribution in [-0.2, 0) is 16.8 Å². The van der Waals surface area contributed by atoms with Crippen molar-refractivity contribution in [3.05, 3.63) is 89.6 Å². The largest absolute Gasteiger partial charge is 0.494 e. The van der Waals surface area contributed by atoms with E-state index in [2.05, 4.69) is 17.2 Å². The normalized spacial score (nSPS) is 18.3. The Morgan fingerprint density at radius 1 is 1.03 bits per heavy atom. The molecule has 3 heterocycles. The first-order valence-electron chi connectivity index (χ1n) is 13.3. The maximum absolute atomic E-state index is 14.1. The second-order valence-corrected chi connectivity index (χ2v) is 10.1. The lowest BCUT2D eigenvalue weighted by atomic mass is 9.87. The number of imide groups is 1. The topological polar surface area (TPSA) is 94.7 Å². The van der Waals surface area contributed by atoms with Crippen LogP contribution < -0.4 is 15.0 Å². The fraction of sp³-hybridized carbons (Fsp3) is 0.258. The van der Waals surface area contributed by atoms with Gasteiger partial charge in [-0.2, -0.15) is 0 Å². The second-order valence-electron chi connectivity index (χ2n) is 10.1. The number of aromatic amines is 1. The Kier molecular flexibility index (Phi) is 6.10. The highest BCUT2D eigenvalue weighted by Gasteiger charge is 2.59. The predicted molar refractivity (Wildman–Crippen MR) is 150 cm³/mol. The van der Waals surface area contributed by atoms with E-state index >= 15 is 0 Å². The Labute approximate surface area is 226 Å². The van der Waals surface area contributed by atoms with Crippen LogP contribution in [0.15, 0.2) is 72.8 Å². The molecule has 4 amide bonds. The molecular formula is C31H30N4O4. The summed E-state index contributed by atoms with van der Waals surface area (Å²) in [6, 6.07) is 21.4. The molecule has 1 fully saturated rings. The maximum atomic E-state index is 14.1. The highest BCUT2D eigenvalue weighted by atomic mass is 16.5. The van der Waals surface area contributed by atoms with Crippen molar-refractivity contribution in [3.63, 3.8) is 0 Å². The van der Waals surface area contributed by atoms with Crippen LogP contribution in [0.2, 0.25) is 0 Å². The number of carbonyl (C=O) groups is 3. The monoisotopic (exact) mass is 522 g/mol. The molecular weight excluding hydrogens is 492 g/mol. The molecule has 0 bridgehead atoms. The molecule has 1 atom stereocenters. The zero-order valence-corrected chi connectivity index (χ0v) is 22.0. The minimum atomic E-state index is -1.19. The average molecular weight is 523 g/mol. The molecule has 1 unspecified atom stereocenters. The summed E-state index contributed by atoms with van der Waals surface area (Å²) in [5.74, 6) is -0.0580. The molecule has 0 radical (unpaired) electrons. The lowest BCUT2D eigenvalue weighted by Crippen LogP contribution is -2.49. The van der Waals surface area contributed by atoms with Crippen molar-refractivity contribution in [2.24, 2.45) is 0 Å². The van der Waals surface area contributed by atoms with E-state index in [0.29, 0.717) is 25.3 Å². The Morgan fingerprint density at radius 3 is 2.56 bits per heavy atom. The lowest BCUT2D eigenvalue weighted by Gasteiger charge is -2.35. The Morgan fingerprint density at radius 2 is 1.77 bits per heavy atom. The van der Waals surface area contributed by atoms with Gasteiger partial charge in [0, 0.05) is 23.1 Å². The number of fused-ring (bicyclic) bond motifs is 5. The average Bonchev–Trinajstić information content (AvgIpc) is 3.43. The standard InChI is InChI=1S/C31H30N4O4/c1-3-4-19-39-21-15-13-20(14-16-21)32-28(36)24-10-6-8-12-26(24)35-29(37)31(2)27-23(17-18-34(31)30(35)38)22-9-5-7-11-25(22)33-27/h5-16,33H,3-4,17-19H2,1-2H3,(H,32,36). The Hall–Kier alpha value is -4.59. The van der Waals surface area contributed by atoms with Crippen LogP contribution in [0.4, 0.5) is 16.2 Å². The van der Waals surface area contributed by atoms with E-state index in [9.17, 15) is 14.4 Å². The number of unbranched alkanes of at least 4 members (excludes halogenated alkanes) is 1. The summed E-state index contributed by atoms with van der Waals surface area (Å²) in [7, 11) is 0. The molecule has 198 valence electrons. The second kappa shape index (κ2) is 9.62. The van der Waals surface area contributed by atoms with Gasteiger partial charge in [0.05, 0.1) is 23.6 Å². The van der Waals surface area contributed by atoms with E-state index in [1.54, 1.807) is 60.4 Å². The van der Waals surface area contributed by atoms with Crippen LogP contribution >= 0.6 is 0 Å². The number of urea groups is 1. The van der Waals surface area contributed by atoms with Crippen molar-refractivity contribution in [3.8, 4) is 5.75 Å². The third kappa shape index (κ3) is 3.94. The van der Waals surface area contributed by atoms with Gasteiger partial charge in [0.25, 0.3) is 11.8 Å². The quantitative estimate of drug-likeness (QED) is 0.236. The Balaban J connectivity index is 1.30. The first kappa shape index (κ1) is 24.7. The number of anilines is 2. The van der Waals surface area contributed by atoms with Crippen molar-refractivity contribution in [2.45, 2.75) is 38.6 Å². The lowest BCUT2D eigenvalue weighted by molar-refractivity contribution is -0.125. The maximum Gasteiger partial charge on any atom is 0.332 e. The summed E-state index contributed by atoms with van der Waals surface area (Å²) in [5.41, 5.74) is 2.62. The summed E-state index contributed by atoms with van der Waals surface area (Å²) in [4.78, 5) is 47.4. The molecule has 39 heavy (non-hydrogen) atoms. The third-order valence-corrected chi connectivity index (χ3v) is 7.74. The van der Waals surface area contributed by atoms with Gasteiger partial charge in [0.15, 0.2) is 5.54 Å². The van der Waals surface area contributed by atoms with Gasteiger partial charge >= 0.3 is 6.03 Å². The zero-order chi connectivity index (χ0) is 27.1. The number of nitrogens with one attached hydrogen (secondary N) is 2. The number of hydrogen-bond acceptors (Lipinski definition) is 4. The summed E-state index contributed by atoms with van der Waals surface area (Å²) < 4.78 is 5.70. The molecule has 2 N–H and O–H groups in total. The number of aromatic nitrogens is 1. The van der Waals surface area contributed by atoms with Crippen LogP contribution in [0.3, 0.4) is 0 Å². The predicted octanol–water partition coefficient (Wildman–Crippen LogP) is 5.84. The number of rotatable bonds is 7. The molecule has 8 nitrogen and oxygen atoms in total. The van der Waals surface area contributed by atoms with Gasteiger partial charge in [-0.05, 0) is 67.8 Å². The fourth-order valence-corrected chi connectivity index (χ4v) is 5.63. The van der Waals surface area contributed by atoms with Crippen molar-refractivity contribution in [1.29, 1.82) is 0 Å². The number of amides is 4. The molecule has 0 aliphatic carbocycles. The van der Waals surface area contributed by atoms with Crippen LogP contribution in [0.1, 0.15) is 48.3 Å². The molecule has 2 aliphatic rings. The molecule has 3 aromatic carbocycles. The van der Waals surface area contributed by atoms with Gasteiger partial charge in [-0.15, -0.1) is 0 Å². The summed E-state index contributed by atoms with van der Waals surface area (Å²) >= 11 is 0. The smallest absolute Gasteiger partial charge is 0.332 e. The van der Waals surface area contributed by atoms with Crippen molar-refractivity contribution in [2.75, 3.05) is 23.4 Å².